The predicted octanol–water partition coefficient (Wildman–Crippen LogP) is 6.84. The minimum Gasteiger partial charge on any atom is -0.381 e. The van der Waals surface area contributed by atoms with Gasteiger partial charge in [0.15, 0.2) is 0 Å². The fraction of sp³-hybridized carbons (Fsp3) is 0.622. The van der Waals surface area contributed by atoms with Crippen molar-refractivity contribution >= 4 is 51.8 Å². The van der Waals surface area contributed by atoms with E-state index in [1.54, 1.807) is 24.3 Å². The van der Waals surface area contributed by atoms with Crippen molar-refractivity contribution < 1.29 is 26.3 Å². The van der Waals surface area contributed by atoms with Crippen molar-refractivity contribution in [2.45, 2.75) is 107 Å². The number of sulfonamides is 1. The van der Waals surface area contributed by atoms with E-state index in [4.69, 9.17) is 30.1 Å². The Kier molecular flexibility index (Phi) is 11.0. The first-order chi connectivity index (χ1) is 23.9. The van der Waals surface area contributed by atoms with E-state index in [9.17, 15) is 16.8 Å². The van der Waals surface area contributed by atoms with Gasteiger partial charge in [-0.3, -0.25) is 0 Å². The molecule has 280 valence electrons. The van der Waals surface area contributed by atoms with Crippen LogP contribution in [0.4, 0.5) is 0 Å². The van der Waals surface area contributed by atoms with Gasteiger partial charge >= 0.3 is 0 Å². The normalized spacial score (nSPS) is 18.9. The second kappa shape index (κ2) is 14.7. The Morgan fingerprint density at radius 2 is 1.10 bits per heavy atom. The number of hydrogen-bond donors (Lipinski definition) is 0. The van der Waals surface area contributed by atoms with Crippen LogP contribution in [-0.2, 0) is 52.5 Å². The lowest BCUT2D eigenvalue weighted by Crippen LogP contribution is -2.41. The summed E-state index contributed by atoms with van der Waals surface area (Å²) in [6.45, 7) is 19.1. The van der Waals surface area contributed by atoms with Crippen LogP contribution in [0.15, 0.2) is 46.2 Å². The second-order valence-corrected chi connectivity index (χ2v) is 20.7. The smallest absolute Gasteiger partial charge is 0.261 e. The van der Waals surface area contributed by atoms with Crippen LogP contribution in [0.1, 0.15) is 85.3 Å². The minimum absolute atomic E-state index is 0.0906. The second-order valence-electron chi connectivity index (χ2n) is 16.2. The number of aromatic nitrogens is 4. The van der Waals surface area contributed by atoms with Crippen molar-refractivity contribution in [1.82, 2.24) is 23.4 Å². The van der Waals surface area contributed by atoms with Crippen LogP contribution in [0.25, 0.3) is 22.1 Å². The van der Waals surface area contributed by atoms with Gasteiger partial charge in [0.25, 0.3) is 9.05 Å². The summed E-state index contributed by atoms with van der Waals surface area (Å²) in [7, 11) is -1.67. The summed E-state index contributed by atoms with van der Waals surface area (Å²) in [6, 6.07) is 10.4. The first-order valence-electron chi connectivity index (χ1n) is 18.0. The molecule has 2 aromatic carbocycles. The van der Waals surface area contributed by atoms with Crippen LogP contribution in [0.5, 0.6) is 0 Å². The molecule has 3 fully saturated rings. The Morgan fingerprint density at radius 1 is 0.686 bits per heavy atom. The third-order valence-electron chi connectivity index (χ3n) is 10.1. The number of halogens is 1. The summed E-state index contributed by atoms with van der Waals surface area (Å²) in [4.78, 5) is 10.1. The maximum Gasteiger partial charge on any atom is 0.261 e. The van der Waals surface area contributed by atoms with Gasteiger partial charge in [0, 0.05) is 74.1 Å². The van der Waals surface area contributed by atoms with Crippen molar-refractivity contribution in [2.24, 2.45) is 11.8 Å². The molecular weight excluding hydrogens is 710 g/mol. The van der Waals surface area contributed by atoms with Crippen LogP contribution >= 0.6 is 10.7 Å². The average Bonchev–Trinajstić information content (AvgIpc) is 3.59. The lowest BCUT2D eigenvalue weighted by atomic mass is 9.94. The third kappa shape index (κ3) is 8.49. The summed E-state index contributed by atoms with van der Waals surface area (Å²) >= 11 is 0. The lowest BCUT2D eigenvalue weighted by molar-refractivity contribution is 0.0610. The summed E-state index contributed by atoms with van der Waals surface area (Å²) in [5.74, 6) is 3.10. The summed E-state index contributed by atoms with van der Waals surface area (Å²) in [5, 5.41) is 0. The number of benzene rings is 2. The van der Waals surface area contributed by atoms with E-state index in [2.05, 4.69) is 50.7 Å². The van der Waals surface area contributed by atoms with Crippen molar-refractivity contribution in [3.05, 3.63) is 48.0 Å². The zero-order valence-corrected chi connectivity index (χ0v) is 33.1. The molecule has 3 aliphatic rings. The fourth-order valence-corrected chi connectivity index (χ4v) is 9.41. The zero-order chi connectivity index (χ0) is 36.8. The average molecular weight is 762 g/mol. The van der Waals surface area contributed by atoms with Crippen LogP contribution in [-0.4, -0.2) is 79.8 Å². The SMILES string of the molecule is CC(C)(C)c1nc2cc(S(=O)(=O)Cl)ccc2n1CC1CCOCC1.CC(C)(C)c1nc2cc(S(=O)(=O)N3CCC3)ccc2n1CC1CCOCC1. The van der Waals surface area contributed by atoms with Crippen LogP contribution in [0, 0.1) is 11.8 Å². The molecule has 0 saturated carbocycles. The van der Waals surface area contributed by atoms with Gasteiger partial charge in [-0.15, -0.1) is 0 Å². The number of imidazole rings is 2. The molecule has 51 heavy (non-hydrogen) atoms. The third-order valence-corrected chi connectivity index (χ3v) is 13.3. The molecule has 7 rings (SSSR count). The Morgan fingerprint density at radius 3 is 1.47 bits per heavy atom. The van der Waals surface area contributed by atoms with E-state index < -0.39 is 19.1 Å². The number of rotatable bonds is 7. The van der Waals surface area contributed by atoms with E-state index >= 15 is 0 Å². The molecule has 5 heterocycles. The van der Waals surface area contributed by atoms with Gasteiger partial charge in [-0.05, 0) is 80.3 Å². The molecule has 0 unspecified atom stereocenters. The first kappa shape index (κ1) is 38.2. The maximum atomic E-state index is 12.7. The van der Waals surface area contributed by atoms with Gasteiger partial charge in [-0.2, -0.15) is 4.31 Å². The van der Waals surface area contributed by atoms with Crippen molar-refractivity contribution in [3.8, 4) is 0 Å². The molecule has 0 spiro atoms. The highest BCUT2D eigenvalue weighted by atomic mass is 35.7. The van der Waals surface area contributed by atoms with Gasteiger partial charge in [-0.1, -0.05) is 41.5 Å². The fourth-order valence-electron chi connectivity index (χ4n) is 7.10. The molecule has 0 atom stereocenters. The van der Waals surface area contributed by atoms with Crippen molar-refractivity contribution in [1.29, 1.82) is 0 Å². The molecule has 0 aliphatic carbocycles. The highest BCUT2D eigenvalue weighted by Gasteiger charge is 2.31. The predicted molar refractivity (Wildman–Crippen MR) is 200 cm³/mol. The molecular formula is C37H52ClN5O6S2. The van der Waals surface area contributed by atoms with Crippen LogP contribution in [0.3, 0.4) is 0 Å². The van der Waals surface area contributed by atoms with E-state index in [-0.39, 0.29) is 15.7 Å². The van der Waals surface area contributed by atoms with Gasteiger partial charge in [0.1, 0.15) is 11.6 Å². The molecule has 3 saturated heterocycles. The summed E-state index contributed by atoms with van der Waals surface area (Å²) in [6.07, 6.45) is 5.14. The summed E-state index contributed by atoms with van der Waals surface area (Å²) < 4.78 is 65.7. The standard InChI is InChI=1S/C20H29N3O3S.C17H23ClN2O3S/c1-20(2,3)19-21-17-13-16(27(24,25)22-9-4-10-22)5-6-18(17)23(19)14-15-7-11-26-12-8-15;1-17(2,3)16-19-14-10-13(24(18,21)22)4-5-15(14)20(16)11-12-6-8-23-9-7-12/h5-6,13,15H,4,7-12,14H2,1-3H3;4-5,10,12H,6-9,11H2,1-3H3. The highest BCUT2D eigenvalue weighted by molar-refractivity contribution is 8.13. The number of hydrogen-bond acceptors (Lipinski definition) is 8. The van der Waals surface area contributed by atoms with E-state index in [1.807, 2.05) is 12.1 Å². The topological polar surface area (TPSA) is 126 Å². The Labute approximate surface area is 307 Å². The van der Waals surface area contributed by atoms with Gasteiger partial charge in [0.05, 0.1) is 31.9 Å². The van der Waals surface area contributed by atoms with Crippen molar-refractivity contribution in [3.63, 3.8) is 0 Å². The minimum atomic E-state index is -3.75. The van der Waals surface area contributed by atoms with E-state index in [0.717, 1.165) is 99.8 Å². The summed E-state index contributed by atoms with van der Waals surface area (Å²) in [5.41, 5.74) is 3.18. The number of nitrogens with zero attached hydrogens (tertiary/aromatic N) is 5. The lowest BCUT2D eigenvalue weighted by Gasteiger charge is -2.29. The largest absolute Gasteiger partial charge is 0.381 e. The Hall–Kier alpha value is -2.55. The first-order valence-corrected chi connectivity index (χ1v) is 21.8. The molecule has 3 aliphatic heterocycles. The molecule has 0 N–H and O–H groups in total. The number of ether oxygens (including phenoxy) is 2. The van der Waals surface area contributed by atoms with E-state index in [0.29, 0.717) is 35.3 Å². The zero-order valence-electron chi connectivity index (χ0n) is 30.7. The van der Waals surface area contributed by atoms with Crippen molar-refractivity contribution in [2.75, 3.05) is 39.5 Å². The molecule has 0 radical (unpaired) electrons. The van der Waals surface area contributed by atoms with Crippen LogP contribution in [0.2, 0.25) is 0 Å². The van der Waals surface area contributed by atoms with Gasteiger partial charge in [0.2, 0.25) is 10.0 Å². The Balaban J connectivity index is 0.000000177. The quantitative estimate of drug-likeness (QED) is 0.188. The van der Waals surface area contributed by atoms with Gasteiger partial charge < -0.3 is 18.6 Å². The Bertz CT molecular complexity index is 2080. The molecule has 0 amide bonds. The molecule has 14 heteroatoms. The highest BCUT2D eigenvalue weighted by Crippen LogP contribution is 2.33. The molecule has 4 aromatic rings. The van der Waals surface area contributed by atoms with Gasteiger partial charge in [-0.25, -0.2) is 26.8 Å². The molecule has 0 bridgehead atoms. The molecule has 2 aromatic heterocycles. The molecule has 11 nitrogen and oxygen atoms in total. The van der Waals surface area contributed by atoms with Crippen LogP contribution < -0.4 is 0 Å². The monoisotopic (exact) mass is 761 g/mol. The van der Waals surface area contributed by atoms with E-state index in [1.165, 1.54) is 4.31 Å². The number of fused-ring (bicyclic) bond motifs is 2. The maximum absolute atomic E-state index is 12.7.